The summed E-state index contributed by atoms with van der Waals surface area (Å²) < 4.78 is 16.0. The Balaban J connectivity index is 2.10. The van der Waals surface area contributed by atoms with Crippen LogP contribution in [0.1, 0.15) is 32.4 Å². The van der Waals surface area contributed by atoms with E-state index in [-0.39, 0.29) is 0 Å². The Morgan fingerprint density at radius 3 is 2.57 bits per heavy atom. The van der Waals surface area contributed by atoms with E-state index in [2.05, 4.69) is 5.32 Å². The molecule has 0 spiro atoms. The molecule has 0 fully saturated rings. The van der Waals surface area contributed by atoms with Crippen molar-refractivity contribution in [3.8, 4) is 11.5 Å². The first-order valence-electron chi connectivity index (χ1n) is 6.73. The molecule has 0 aliphatic carbocycles. The van der Waals surface area contributed by atoms with E-state index in [9.17, 15) is 9.59 Å². The molecule has 1 aromatic carbocycles. The maximum absolute atomic E-state index is 11.7. The van der Waals surface area contributed by atoms with Gasteiger partial charge in [-0.1, -0.05) is 6.07 Å². The fourth-order valence-electron chi connectivity index (χ4n) is 1.88. The van der Waals surface area contributed by atoms with Crippen LogP contribution in [0.15, 0.2) is 18.2 Å². The number of alkyl carbamates (subject to hydrolysis) is 1. The molecule has 1 aromatic rings. The van der Waals surface area contributed by atoms with E-state index in [0.717, 1.165) is 0 Å². The maximum atomic E-state index is 11.7. The Hall–Kier alpha value is -2.24. The standard InChI is InChI=1S/C15H19NO5/c1-15(2,3)21-14(18)16-11(9-17)10-4-5-12-13(8-10)20-7-6-19-12/h4-5,8-9,11H,6-7H2,1-3H3,(H,16,18). The zero-order valence-corrected chi connectivity index (χ0v) is 12.3. The van der Waals surface area contributed by atoms with E-state index >= 15 is 0 Å². The molecule has 0 radical (unpaired) electrons. The lowest BCUT2D eigenvalue weighted by Crippen LogP contribution is -2.35. The molecular weight excluding hydrogens is 274 g/mol. The average Bonchev–Trinajstić information content (AvgIpc) is 2.42. The van der Waals surface area contributed by atoms with E-state index in [1.54, 1.807) is 39.0 Å². The summed E-state index contributed by atoms with van der Waals surface area (Å²) in [5, 5.41) is 2.52. The van der Waals surface area contributed by atoms with Crippen molar-refractivity contribution in [1.82, 2.24) is 5.32 Å². The Kier molecular flexibility index (Phi) is 4.35. The molecule has 1 atom stereocenters. The molecule has 1 aliphatic heterocycles. The van der Waals surface area contributed by atoms with Crippen molar-refractivity contribution in [1.29, 1.82) is 0 Å². The van der Waals surface area contributed by atoms with Crippen molar-refractivity contribution in [2.75, 3.05) is 13.2 Å². The van der Waals surface area contributed by atoms with Gasteiger partial charge in [0.05, 0.1) is 0 Å². The molecule has 6 nitrogen and oxygen atoms in total. The zero-order valence-electron chi connectivity index (χ0n) is 12.3. The number of carbonyl (C=O) groups is 2. The van der Waals surface area contributed by atoms with Gasteiger partial charge in [-0.25, -0.2) is 4.79 Å². The Morgan fingerprint density at radius 1 is 1.29 bits per heavy atom. The molecule has 1 unspecified atom stereocenters. The van der Waals surface area contributed by atoms with Crippen molar-refractivity contribution in [3.05, 3.63) is 23.8 Å². The highest BCUT2D eigenvalue weighted by Crippen LogP contribution is 2.32. The summed E-state index contributed by atoms with van der Waals surface area (Å²) in [7, 11) is 0. The van der Waals surface area contributed by atoms with E-state index in [1.807, 2.05) is 0 Å². The number of amides is 1. The first-order chi connectivity index (χ1) is 9.89. The molecule has 1 N–H and O–H groups in total. The topological polar surface area (TPSA) is 73.9 Å². The molecule has 0 saturated heterocycles. The summed E-state index contributed by atoms with van der Waals surface area (Å²) in [4.78, 5) is 23.0. The second-order valence-electron chi connectivity index (χ2n) is 5.66. The lowest BCUT2D eigenvalue weighted by atomic mass is 10.1. The van der Waals surface area contributed by atoms with Gasteiger partial charge in [-0.2, -0.15) is 0 Å². The second-order valence-corrected chi connectivity index (χ2v) is 5.66. The number of hydrogen-bond acceptors (Lipinski definition) is 5. The van der Waals surface area contributed by atoms with Gasteiger partial charge >= 0.3 is 6.09 Å². The van der Waals surface area contributed by atoms with Crippen LogP contribution in [0, 0.1) is 0 Å². The summed E-state index contributed by atoms with van der Waals surface area (Å²) in [5.74, 6) is 1.20. The average molecular weight is 293 g/mol. The van der Waals surface area contributed by atoms with Crippen LogP contribution >= 0.6 is 0 Å². The molecule has 0 bridgehead atoms. The lowest BCUT2D eigenvalue weighted by molar-refractivity contribution is -0.109. The number of benzene rings is 1. The third kappa shape index (κ3) is 4.11. The predicted octanol–water partition coefficient (Wildman–Crippen LogP) is 2.22. The molecule has 0 aromatic heterocycles. The number of carbonyl (C=O) groups excluding carboxylic acids is 2. The van der Waals surface area contributed by atoms with E-state index < -0.39 is 17.7 Å². The molecule has 1 aliphatic rings. The molecule has 0 saturated carbocycles. The van der Waals surface area contributed by atoms with Crippen molar-refractivity contribution >= 4 is 12.4 Å². The third-order valence-corrected chi connectivity index (χ3v) is 2.73. The SMILES string of the molecule is CC(C)(C)OC(=O)NC(C=O)c1ccc2c(c1)OCCO2. The van der Waals surface area contributed by atoms with Crippen LogP contribution in [0.3, 0.4) is 0 Å². The van der Waals surface area contributed by atoms with Gasteiger partial charge < -0.3 is 24.3 Å². The van der Waals surface area contributed by atoms with Crippen LogP contribution < -0.4 is 14.8 Å². The number of aldehydes is 1. The van der Waals surface area contributed by atoms with Gasteiger partial charge in [0.2, 0.25) is 0 Å². The predicted molar refractivity (Wildman–Crippen MR) is 75.6 cm³/mol. The minimum Gasteiger partial charge on any atom is -0.486 e. The zero-order chi connectivity index (χ0) is 15.5. The van der Waals surface area contributed by atoms with Gasteiger partial charge in [0, 0.05) is 0 Å². The number of fused-ring (bicyclic) bond motifs is 1. The molecule has 6 heteroatoms. The third-order valence-electron chi connectivity index (χ3n) is 2.73. The molecule has 1 heterocycles. The number of nitrogens with one attached hydrogen (secondary N) is 1. The Bertz CT molecular complexity index is 535. The van der Waals surface area contributed by atoms with Crippen LogP contribution in [0.2, 0.25) is 0 Å². The number of ether oxygens (including phenoxy) is 3. The first kappa shape index (κ1) is 15.2. The smallest absolute Gasteiger partial charge is 0.408 e. The summed E-state index contributed by atoms with van der Waals surface area (Å²) in [6, 6.07) is 4.32. The van der Waals surface area contributed by atoms with Crippen LogP contribution in [-0.4, -0.2) is 31.2 Å². The van der Waals surface area contributed by atoms with Crippen molar-refractivity contribution < 1.29 is 23.8 Å². The first-order valence-corrected chi connectivity index (χ1v) is 6.73. The lowest BCUT2D eigenvalue weighted by Gasteiger charge is -2.23. The van der Waals surface area contributed by atoms with Crippen LogP contribution in [0.4, 0.5) is 4.79 Å². The van der Waals surface area contributed by atoms with Gasteiger partial charge in [-0.3, -0.25) is 0 Å². The number of rotatable bonds is 3. The monoisotopic (exact) mass is 293 g/mol. The molecule has 2 rings (SSSR count). The normalized spacial score (nSPS) is 15.0. The molecule has 21 heavy (non-hydrogen) atoms. The van der Waals surface area contributed by atoms with Gasteiger partial charge in [0.1, 0.15) is 31.1 Å². The van der Waals surface area contributed by atoms with Gasteiger partial charge in [0.15, 0.2) is 11.5 Å². The second kappa shape index (κ2) is 6.03. The highest BCUT2D eigenvalue weighted by Gasteiger charge is 2.21. The minimum atomic E-state index is -0.796. The molecule has 114 valence electrons. The van der Waals surface area contributed by atoms with Gasteiger partial charge in [-0.05, 0) is 38.5 Å². The highest BCUT2D eigenvalue weighted by atomic mass is 16.6. The Morgan fingerprint density at radius 2 is 1.95 bits per heavy atom. The quantitative estimate of drug-likeness (QED) is 0.865. The fraction of sp³-hybridized carbons (Fsp3) is 0.467. The largest absolute Gasteiger partial charge is 0.486 e. The van der Waals surface area contributed by atoms with Crippen molar-refractivity contribution in [2.45, 2.75) is 32.4 Å². The maximum Gasteiger partial charge on any atom is 0.408 e. The number of hydrogen-bond donors (Lipinski definition) is 1. The summed E-state index contributed by atoms with van der Waals surface area (Å²) >= 11 is 0. The van der Waals surface area contributed by atoms with Gasteiger partial charge in [0.25, 0.3) is 0 Å². The van der Waals surface area contributed by atoms with Crippen LogP contribution in [0.25, 0.3) is 0 Å². The van der Waals surface area contributed by atoms with E-state index in [4.69, 9.17) is 14.2 Å². The van der Waals surface area contributed by atoms with Crippen molar-refractivity contribution in [2.24, 2.45) is 0 Å². The van der Waals surface area contributed by atoms with E-state index in [1.165, 1.54) is 0 Å². The summed E-state index contributed by atoms with van der Waals surface area (Å²) in [5.41, 5.74) is -0.00950. The van der Waals surface area contributed by atoms with Crippen LogP contribution in [-0.2, 0) is 9.53 Å². The molecule has 1 amide bonds. The van der Waals surface area contributed by atoms with Gasteiger partial charge in [-0.15, -0.1) is 0 Å². The van der Waals surface area contributed by atoms with Crippen molar-refractivity contribution in [3.63, 3.8) is 0 Å². The highest BCUT2D eigenvalue weighted by molar-refractivity contribution is 5.75. The Labute approximate surface area is 123 Å². The van der Waals surface area contributed by atoms with E-state index in [0.29, 0.717) is 36.6 Å². The fourth-order valence-corrected chi connectivity index (χ4v) is 1.88. The summed E-state index contributed by atoms with van der Waals surface area (Å²) in [6.07, 6.45) is 0.00415. The molecular formula is C15H19NO5. The summed E-state index contributed by atoms with van der Waals surface area (Å²) in [6.45, 7) is 6.23. The van der Waals surface area contributed by atoms with Crippen LogP contribution in [0.5, 0.6) is 11.5 Å². The minimum absolute atomic E-state index is 0.460.